The van der Waals surface area contributed by atoms with Gasteiger partial charge < -0.3 is 24.1 Å². The average molecular weight is 492 g/mol. The number of nitrogens with zero attached hydrogens (tertiary/aromatic N) is 3. The summed E-state index contributed by atoms with van der Waals surface area (Å²) in [6.45, 7) is 2.87. The highest BCUT2D eigenvalue weighted by Crippen LogP contribution is 2.36. The fourth-order valence-electron chi connectivity index (χ4n) is 5.34. The number of allylic oxidation sites excluding steroid dienone is 2. The molecule has 2 aromatic rings. The second kappa shape index (κ2) is 10.4. The lowest BCUT2D eigenvalue weighted by Gasteiger charge is -2.45. The van der Waals surface area contributed by atoms with Gasteiger partial charge in [0.15, 0.2) is 11.5 Å². The zero-order chi connectivity index (χ0) is 25.1. The van der Waals surface area contributed by atoms with Crippen molar-refractivity contribution in [1.82, 2.24) is 5.01 Å². The molecule has 0 radical (unpaired) electrons. The van der Waals surface area contributed by atoms with E-state index in [1.54, 1.807) is 19.2 Å². The normalized spacial score (nSPS) is 23.0. The zero-order valence-electron chi connectivity index (χ0n) is 20.9. The Morgan fingerprint density at radius 3 is 2.50 bits per heavy atom. The van der Waals surface area contributed by atoms with E-state index < -0.39 is 0 Å². The first kappa shape index (κ1) is 24.5. The van der Waals surface area contributed by atoms with Gasteiger partial charge in [0.2, 0.25) is 0 Å². The zero-order valence-corrected chi connectivity index (χ0v) is 20.9. The molecule has 8 nitrogen and oxygen atoms in total. The monoisotopic (exact) mass is 491 g/mol. The molecule has 0 saturated carbocycles. The molecule has 8 heteroatoms. The molecule has 0 bridgehead atoms. The number of carbonyl (C=O) groups excluding carboxylic acids is 1. The van der Waals surface area contributed by atoms with Crippen molar-refractivity contribution >= 4 is 11.6 Å². The van der Waals surface area contributed by atoms with Crippen LogP contribution in [0.25, 0.3) is 0 Å². The number of carbonyl (C=O) groups is 1. The molecule has 0 spiro atoms. The van der Waals surface area contributed by atoms with Crippen LogP contribution in [-0.2, 0) is 11.3 Å². The Balaban J connectivity index is 1.39. The van der Waals surface area contributed by atoms with Crippen molar-refractivity contribution in [2.45, 2.75) is 19.4 Å². The molecule has 2 heterocycles. The van der Waals surface area contributed by atoms with E-state index in [9.17, 15) is 10.0 Å². The molecule has 0 unspecified atom stereocenters. The van der Waals surface area contributed by atoms with Crippen LogP contribution in [0.15, 0.2) is 59.7 Å². The van der Waals surface area contributed by atoms with Crippen molar-refractivity contribution in [3.8, 4) is 11.5 Å². The van der Waals surface area contributed by atoms with Crippen molar-refractivity contribution in [3.05, 3.63) is 76.5 Å². The molecule has 36 heavy (non-hydrogen) atoms. The van der Waals surface area contributed by atoms with Crippen LogP contribution in [0.4, 0.5) is 0 Å². The SMILES string of the molecule is COc1ccc(C2=NN(C(=O)c3ccc(C[N+]4([O-])CCOCC4)cc3)C[C@@H]3CC=CC[C@H]23)cc1OC. The van der Waals surface area contributed by atoms with E-state index in [1.807, 2.05) is 42.5 Å². The van der Waals surface area contributed by atoms with Crippen LogP contribution in [0.5, 0.6) is 11.5 Å². The fraction of sp³-hybridized carbons (Fsp3) is 0.429. The Morgan fingerprint density at radius 2 is 1.78 bits per heavy atom. The Kier molecular flexibility index (Phi) is 7.09. The number of hydroxylamine groups is 3. The fourth-order valence-corrected chi connectivity index (χ4v) is 5.34. The predicted octanol–water partition coefficient (Wildman–Crippen LogP) is 3.99. The minimum absolute atomic E-state index is 0.134. The van der Waals surface area contributed by atoms with Crippen molar-refractivity contribution in [2.24, 2.45) is 16.9 Å². The van der Waals surface area contributed by atoms with Gasteiger partial charge in [-0.1, -0.05) is 24.3 Å². The number of rotatable bonds is 6. The van der Waals surface area contributed by atoms with Crippen molar-refractivity contribution in [2.75, 3.05) is 47.1 Å². The third-order valence-electron chi connectivity index (χ3n) is 7.42. The van der Waals surface area contributed by atoms with Gasteiger partial charge in [-0.05, 0) is 49.1 Å². The van der Waals surface area contributed by atoms with Gasteiger partial charge in [-0.15, -0.1) is 0 Å². The maximum absolute atomic E-state index is 13.5. The molecule has 190 valence electrons. The van der Waals surface area contributed by atoms with Gasteiger partial charge in [0, 0.05) is 29.2 Å². The number of morpholine rings is 1. The van der Waals surface area contributed by atoms with E-state index in [2.05, 4.69) is 12.2 Å². The number of fused-ring (bicyclic) bond motifs is 1. The number of benzene rings is 2. The summed E-state index contributed by atoms with van der Waals surface area (Å²) in [7, 11) is 3.23. The number of quaternary nitrogens is 1. The van der Waals surface area contributed by atoms with E-state index in [-0.39, 0.29) is 16.5 Å². The van der Waals surface area contributed by atoms with Gasteiger partial charge in [0.25, 0.3) is 5.91 Å². The first-order valence-corrected chi connectivity index (χ1v) is 12.5. The topological polar surface area (TPSA) is 83.4 Å². The smallest absolute Gasteiger partial charge is 0.273 e. The second-order valence-corrected chi connectivity index (χ2v) is 9.72. The Morgan fingerprint density at radius 1 is 1.06 bits per heavy atom. The standard InChI is InChI=1S/C28H33N3O5/c1-34-25-12-11-22(17-26(25)35-2)27-24-6-4-3-5-23(24)18-30(29-27)28(32)21-9-7-20(8-10-21)19-31(33)13-15-36-16-14-31/h3-4,7-12,17,23-24H,5-6,13-16,18-19H2,1-2H3/t23-,24-/m0/s1. The molecule has 1 aliphatic carbocycles. The van der Waals surface area contributed by atoms with Crippen molar-refractivity contribution in [1.29, 1.82) is 0 Å². The highest BCUT2D eigenvalue weighted by molar-refractivity contribution is 6.05. The number of hydrazone groups is 1. The average Bonchev–Trinajstić information content (AvgIpc) is 2.92. The molecule has 0 aromatic heterocycles. The third kappa shape index (κ3) is 5.02. The van der Waals surface area contributed by atoms with Gasteiger partial charge in [-0.3, -0.25) is 4.79 Å². The van der Waals surface area contributed by atoms with E-state index in [0.717, 1.165) is 29.7 Å². The lowest BCUT2D eigenvalue weighted by Crippen LogP contribution is -2.49. The number of hydrogen-bond acceptors (Lipinski definition) is 6. The Labute approximate surface area is 211 Å². The van der Waals surface area contributed by atoms with Crippen LogP contribution >= 0.6 is 0 Å². The summed E-state index contributed by atoms with van der Waals surface area (Å²) >= 11 is 0. The maximum atomic E-state index is 13.5. The summed E-state index contributed by atoms with van der Waals surface area (Å²) in [5, 5.41) is 19.4. The van der Waals surface area contributed by atoms with Gasteiger partial charge >= 0.3 is 0 Å². The molecule has 5 rings (SSSR count). The Hall–Kier alpha value is -3.20. The number of methoxy groups -OCH3 is 2. The van der Waals surface area contributed by atoms with E-state index in [1.165, 1.54) is 0 Å². The predicted molar refractivity (Wildman–Crippen MR) is 137 cm³/mol. The summed E-state index contributed by atoms with van der Waals surface area (Å²) in [5.41, 5.74) is 3.32. The van der Waals surface area contributed by atoms with E-state index in [4.69, 9.17) is 19.3 Å². The molecule has 1 fully saturated rings. The highest BCUT2D eigenvalue weighted by atomic mass is 16.6. The van der Waals surface area contributed by atoms with Crippen LogP contribution in [-0.4, -0.2) is 68.3 Å². The summed E-state index contributed by atoms with van der Waals surface area (Å²) in [4.78, 5) is 13.5. The molecule has 0 N–H and O–H groups in total. The lowest BCUT2D eigenvalue weighted by molar-refractivity contribution is -0.901. The lowest BCUT2D eigenvalue weighted by atomic mass is 9.77. The summed E-state index contributed by atoms with van der Waals surface area (Å²) in [5.74, 6) is 1.70. The molecule has 2 aromatic carbocycles. The van der Waals surface area contributed by atoms with Crippen LogP contribution in [0.3, 0.4) is 0 Å². The second-order valence-electron chi connectivity index (χ2n) is 9.72. The minimum Gasteiger partial charge on any atom is -0.632 e. The van der Waals surface area contributed by atoms with Gasteiger partial charge in [-0.2, -0.15) is 5.10 Å². The van der Waals surface area contributed by atoms with Gasteiger partial charge in [0.05, 0.1) is 33.1 Å². The van der Waals surface area contributed by atoms with E-state index >= 15 is 0 Å². The summed E-state index contributed by atoms with van der Waals surface area (Å²) in [6.07, 6.45) is 6.21. The molecule has 3 aliphatic rings. The molecule has 2 atom stereocenters. The Bertz CT molecular complexity index is 1150. The molecule has 1 amide bonds. The van der Waals surface area contributed by atoms with Gasteiger partial charge in [-0.25, -0.2) is 5.01 Å². The van der Waals surface area contributed by atoms with Crippen LogP contribution < -0.4 is 9.47 Å². The summed E-state index contributed by atoms with van der Waals surface area (Å²) in [6, 6.07) is 13.2. The maximum Gasteiger partial charge on any atom is 0.273 e. The first-order valence-electron chi connectivity index (χ1n) is 12.5. The minimum atomic E-state index is -0.283. The molecular weight excluding hydrogens is 458 g/mol. The van der Waals surface area contributed by atoms with Crippen LogP contribution in [0, 0.1) is 17.0 Å². The number of ether oxygens (including phenoxy) is 3. The third-order valence-corrected chi connectivity index (χ3v) is 7.42. The number of hydrogen-bond donors (Lipinski definition) is 0. The largest absolute Gasteiger partial charge is 0.632 e. The first-order chi connectivity index (χ1) is 17.5. The highest BCUT2D eigenvalue weighted by Gasteiger charge is 2.36. The number of amides is 1. The van der Waals surface area contributed by atoms with Crippen molar-refractivity contribution < 1.29 is 23.7 Å². The summed E-state index contributed by atoms with van der Waals surface area (Å²) < 4.78 is 16.0. The quantitative estimate of drug-likeness (QED) is 0.347. The molecule has 1 saturated heterocycles. The van der Waals surface area contributed by atoms with Crippen LogP contribution in [0.2, 0.25) is 0 Å². The van der Waals surface area contributed by atoms with Crippen molar-refractivity contribution in [3.63, 3.8) is 0 Å². The molecular formula is C28H33N3O5. The van der Waals surface area contributed by atoms with Crippen LogP contribution in [0.1, 0.15) is 34.3 Å². The van der Waals surface area contributed by atoms with Gasteiger partial charge in [0.1, 0.15) is 19.6 Å². The van der Waals surface area contributed by atoms with E-state index in [0.29, 0.717) is 62.4 Å². The molecule has 2 aliphatic heterocycles.